The molecule has 108 valence electrons. The van der Waals surface area contributed by atoms with Gasteiger partial charge in [-0.15, -0.1) is 0 Å². The molecule has 6 rings (SSSR count). The first-order valence-corrected chi connectivity index (χ1v) is 8.35. The molecule has 3 atom stereocenters. The molecule has 0 bridgehead atoms. The molecule has 4 aliphatic heterocycles. The van der Waals surface area contributed by atoms with E-state index in [4.69, 9.17) is 4.74 Å². The standard InChI is InChI=1S/C18H20N2O/c1-2-6-15-12(4-1)13-7-9-19-8-3-5-14-17(19)16(13)20(15)10-18(14)11-21-18/h1-2,4,6,14,17H,3,5,7-11H2. The number of epoxide rings is 1. The molecule has 3 nitrogen and oxygen atoms in total. The smallest absolute Gasteiger partial charge is 0.114 e. The lowest BCUT2D eigenvalue weighted by Crippen LogP contribution is -2.52. The summed E-state index contributed by atoms with van der Waals surface area (Å²) in [7, 11) is 0. The molecule has 0 amide bonds. The van der Waals surface area contributed by atoms with Crippen LogP contribution in [0.2, 0.25) is 0 Å². The van der Waals surface area contributed by atoms with Crippen LogP contribution in [0.1, 0.15) is 30.1 Å². The number of fused-ring (bicyclic) bond motifs is 4. The Morgan fingerprint density at radius 2 is 2.10 bits per heavy atom. The minimum atomic E-state index is 0.159. The molecule has 0 aliphatic carbocycles. The summed E-state index contributed by atoms with van der Waals surface area (Å²) >= 11 is 0. The number of para-hydroxylation sites is 1. The van der Waals surface area contributed by atoms with Crippen molar-refractivity contribution in [1.82, 2.24) is 9.47 Å². The van der Waals surface area contributed by atoms with Gasteiger partial charge >= 0.3 is 0 Å². The molecule has 0 saturated carbocycles. The average molecular weight is 280 g/mol. The monoisotopic (exact) mass is 280 g/mol. The molecule has 2 fully saturated rings. The Labute approximate surface area is 124 Å². The number of ether oxygens (including phenoxy) is 1. The summed E-state index contributed by atoms with van der Waals surface area (Å²) in [6, 6.07) is 9.62. The van der Waals surface area contributed by atoms with Crippen LogP contribution in [-0.2, 0) is 17.7 Å². The van der Waals surface area contributed by atoms with E-state index >= 15 is 0 Å². The van der Waals surface area contributed by atoms with Gasteiger partial charge in [0, 0.05) is 29.1 Å². The van der Waals surface area contributed by atoms with Crippen molar-refractivity contribution >= 4 is 10.9 Å². The Morgan fingerprint density at radius 1 is 1.19 bits per heavy atom. The van der Waals surface area contributed by atoms with Gasteiger partial charge in [0.1, 0.15) is 5.60 Å². The molecule has 2 saturated heterocycles. The Balaban J connectivity index is 1.70. The number of piperidine rings is 1. The van der Waals surface area contributed by atoms with Crippen LogP contribution in [0.3, 0.4) is 0 Å². The van der Waals surface area contributed by atoms with Gasteiger partial charge in [-0.05, 0) is 37.4 Å². The van der Waals surface area contributed by atoms with E-state index in [2.05, 4.69) is 33.7 Å². The first-order valence-electron chi connectivity index (χ1n) is 8.35. The van der Waals surface area contributed by atoms with E-state index in [0.717, 1.165) is 19.1 Å². The van der Waals surface area contributed by atoms with Crippen molar-refractivity contribution in [2.24, 2.45) is 5.92 Å². The van der Waals surface area contributed by atoms with E-state index in [1.54, 1.807) is 11.3 Å². The van der Waals surface area contributed by atoms with Crippen LogP contribution >= 0.6 is 0 Å². The maximum absolute atomic E-state index is 6.05. The second-order valence-electron chi connectivity index (χ2n) is 7.30. The third-order valence-electron chi connectivity index (χ3n) is 6.40. The summed E-state index contributed by atoms with van der Waals surface area (Å²) in [5, 5.41) is 1.49. The molecule has 0 radical (unpaired) electrons. The summed E-state index contributed by atoms with van der Waals surface area (Å²) in [4.78, 5) is 2.74. The fraction of sp³-hybridized carbons (Fsp3) is 0.556. The number of hydrogen-bond donors (Lipinski definition) is 0. The molecule has 21 heavy (non-hydrogen) atoms. The van der Waals surface area contributed by atoms with E-state index in [1.165, 1.54) is 43.3 Å². The Hall–Kier alpha value is -1.32. The van der Waals surface area contributed by atoms with Crippen molar-refractivity contribution in [3.05, 3.63) is 35.5 Å². The normalized spacial score (nSPS) is 37.0. The van der Waals surface area contributed by atoms with Crippen LogP contribution in [0.4, 0.5) is 0 Å². The summed E-state index contributed by atoms with van der Waals surface area (Å²) in [6.07, 6.45) is 3.92. The maximum Gasteiger partial charge on any atom is 0.114 e. The zero-order valence-corrected chi connectivity index (χ0v) is 12.2. The molecule has 1 spiro atoms. The second-order valence-corrected chi connectivity index (χ2v) is 7.30. The summed E-state index contributed by atoms with van der Waals surface area (Å²) in [5.41, 5.74) is 4.86. The minimum absolute atomic E-state index is 0.159. The molecule has 1 aromatic carbocycles. The van der Waals surface area contributed by atoms with Gasteiger partial charge in [0.25, 0.3) is 0 Å². The lowest BCUT2D eigenvalue weighted by Gasteiger charge is -2.49. The Morgan fingerprint density at radius 3 is 3.00 bits per heavy atom. The molecule has 4 aliphatic rings. The molecule has 5 heterocycles. The van der Waals surface area contributed by atoms with E-state index in [0.29, 0.717) is 6.04 Å². The lowest BCUT2D eigenvalue weighted by atomic mass is 9.73. The highest BCUT2D eigenvalue weighted by Gasteiger charge is 2.60. The maximum atomic E-state index is 6.05. The highest BCUT2D eigenvalue weighted by atomic mass is 16.6. The zero-order valence-electron chi connectivity index (χ0n) is 12.2. The van der Waals surface area contributed by atoms with Gasteiger partial charge in [-0.3, -0.25) is 4.90 Å². The van der Waals surface area contributed by atoms with Crippen LogP contribution in [0.25, 0.3) is 10.9 Å². The van der Waals surface area contributed by atoms with E-state index in [-0.39, 0.29) is 5.60 Å². The van der Waals surface area contributed by atoms with Gasteiger partial charge in [-0.2, -0.15) is 0 Å². The first kappa shape index (κ1) is 11.3. The predicted molar refractivity (Wildman–Crippen MR) is 81.4 cm³/mol. The minimum Gasteiger partial charge on any atom is -0.367 e. The molecular weight excluding hydrogens is 260 g/mol. The number of aromatic nitrogens is 1. The van der Waals surface area contributed by atoms with E-state index < -0.39 is 0 Å². The van der Waals surface area contributed by atoms with Crippen LogP contribution in [0.15, 0.2) is 24.3 Å². The Bertz CT molecular complexity index is 758. The lowest BCUT2D eigenvalue weighted by molar-refractivity contribution is 0.00607. The van der Waals surface area contributed by atoms with Crippen LogP contribution in [-0.4, -0.2) is 34.8 Å². The van der Waals surface area contributed by atoms with Crippen molar-refractivity contribution in [3.63, 3.8) is 0 Å². The van der Waals surface area contributed by atoms with E-state index in [9.17, 15) is 0 Å². The molecule has 3 unspecified atom stereocenters. The fourth-order valence-corrected chi connectivity index (χ4v) is 5.44. The summed E-state index contributed by atoms with van der Waals surface area (Å²) in [6.45, 7) is 4.57. The Kier molecular flexibility index (Phi) is 1.89. The average Bonchev–Trinajstić information content (AvgIpc) is 3.23. The number of nitrogens with zero attached hydrogens (tertiary/aromatic N) is 2. The number of hydrogen-bond acceptors (Lipinski definition) is 2. The highest BCUT2D eigenvalue weighted by Crippen LogP contribution is 2.56. The van der Waals surface area contributed by atoms with Crippen molar-refractivity contribution in [2.75, 3.05) is 19.7 Å². The highest BCUT2D eigenvalue weighted by molar-refractivity contribution is 5.86. The number of benzene rings is 1. The van der Waals surface area contributed by atoms with Crippen LogP contribution in [0.5, 0.6) is 0 Å². The fourth-order valence-electron chi connectivity index (χ4n) is 5.44. The molecular formula is C18H20N2O. The predicted octanol–water partition coefficient (Wildman–Crippen LogP) is 2.73. The number of rotatable bonds is 0. The van der Waals surface area contributed by atoms with Gasteiger partial charge in [0.2, 0.25) is 0 Å². The van der Waals surface area contributed by atoms with Crippen molar-refractivity contribution < 1.29 is 4.74 Å². The molecule has 3 heteroatoms. The summed E-state index contributed by atoms with van der Waals surface area (Å²) < 4.78 is 8.65. The van der Waals surface area contributed by atoms with Crippen LogP contribution < -0.4 is 0 Å². The largest absolute Gasteiger partial charge is 0.367 e. The molecule has 2 aromatic rings. The van der Waals surface area contributed by atoms with Crippen molar-refractivity contribution in [2.45, 2.75) is 37.5 Å². The topological polar surface area (TPSA) is 20.7 Å². The third kappa shape index (κ3) is 1.24. The summed E-state index contributed by atoms with van der Waals surface area (Å²) in [5.74, 6) is 0.724. The second kappa shape index (κ2) is 3.53. The van der Waals surface area contributed by atoms with Gasteiger partial charge in [0.15, 0.2) is 0 Å². The van der Waals surface area contributed by atoms with Gasteiger partial charge in [-0.25, -0.2) is 0 Å². The SMILES string of the molecule is c1ccc2c(c1)c1c3n2CC2(CO2)C2CCCN(CC1)C32. The van der Waals surface area contributed by atoms with Gasteiger partial charge in [0.05, 0.1) is 19.2 Å². The molecule has 0 N–H and O–H groups in total. The third-order valence-corrected chi connectivity index (χ3v) is 6.40. The van der Waals surface area contributed by atoms with Gasteiger partial charge < -0.3 is 9.30 Å². The molecule has 1 aromatic heterocycles. The first-order chi connectivity index (χ1) is 10.4. The van der Waals surface area contributed by atoms with E-state index in [1.807, 2.05) is 0 Å². The van der Waals surface area contributed by atoms with Gasteiger partial charge in [-0.1, -0.05) is 18.2 Å². The van der Waals surface area contributed by atoms with Crippen LogP contribution in [0, 0.1) is 5.92 Å². The van der Waals surface area contributed by atoms with Crippen molar-refractivity contribution in [3.8, 4) is 0 Å². The quantitative estimate of drug-likeness (QED) is 0.692. The zero-order chi connectivity index (χ0) is 13.6. The van der Waals surface area contributed by atoms with Crippen molar-refractivity contribution in [1.29, 1.82) is 0 Å².